The Balaban J connectivity index is 1.48. The number of hydrogen-bond donors (Lipinski definition) is 3. The topological polar surface area (TPSA) is 161 Å². The largest absolute Gasteiger partial charge is 0.504 e. The van der Waals surface area contributed by atoms with E-state index in [9.17, 15) is 20.0 Å². The Morgan fingerprint density at radius 3 is 2.60 bits per heavy atom. The van der Waals surface area contributed by atoms with Gasteiger partial charge in [0.2, 0.25) is 6.79 Å². The molecule has 6 rings (SSSR count). The van der Waals surface area contributed by atoms with E-state index in [1.807, 2.05) is 20.9 Å². The first-order valence-electron chi connectivity index (χ1n) is 18.7. The molecule has 3 unspecified atom stereocenters. The number of thioether (sulfide) groups is 1. The van der Waals surface area contributed by atoms with Gasteiger partial charge in [-0.2, -0.15) is 17.0 Å². The fraction of sp³-hybridized carbons (Fsp3) is 0.537. The second kappa shape index (κ2) is 17.2. The van der Waals surface area contributed by atoms with Crippen LogP contribution in [-0.2, 0) is 25.5 Å². The summed E-state index contributed by atoms with van der Waals surface area (Å²) < 4.78 is 35.7. The number of esters is 2. The monoisotopic (exact) mass is 776 g/mol. The summed E-state index contributed by atoms with van der Waals surface area (Å²) >= 11 is 1.69. The third-order valence-corrected chi connectivity index (χ3v) is 11.9. The van der Waals surface area contributed by atoms with Gasteiger partial charge in [0.05, 0.1) is 31.9 Å². The van der Waals surface area contributed by atoms with Crippen molar-refractivity contribution in [2.24, 2.45) is 5.92 Å². The fourth-order valence-corrected chi connectivity index (χ4v) is 9.62. The molecule has 2 aromatic rings. The van der Waals surface area contributed by atoms with Crippen LogP contribution in [0.15, 0.2) is 34.8 Å². The van der Waals surface area contributed by atoms with E-state index in [4.69, 9.17) is 28.4 Å². The number of allylic oxidation sites excluding steroid dienone is 2. The summed E-state index contributed by atoms with van der Waals surface area (Å²) in [5.41, 5.74) is 6.06. The van der Waals surface area contributed by atoms with Gasteiger partial charge in [0, 0.05) is 53.4 Å². The lowest BCUT2D eigenvalue weighted by Gasteiger charge is -2.45. The molecule has 0 fully saturated rings. The maximum Gasteiger partial charge on any atom is 0.327 e. The van der Waals surface area contributed by atoms with Crippen LogP contribution in [0.2, 0.25) is 0 Å². The number of aliphatic hydroxyl groups is 1. The van der Waals surface area contributed by atoms with E-state index in [1.165, 1.54) is 19.6 Å². The van der Waals surface area contributed by atoms with Crippen molar-refractivity contribution in [1.82, 2.24) is 15.5 Å². The number of rotatable bonds is 11. The number of methoxy groups -OCH3 is 2. The Hall–Kier alpha value is -4.42. The van der Waals surface area contributed by atoms with E-state index in [0.29, 0.717) is 81.8 Å². The minimum absolute atomic E-state index is 0.0196. The molecule has 2 aromatic carbocycles. The smallest absolute Gasteiger partial charge is 0.327 e. The van der Waals surface area contributed by atoms with Crippen molar-refractivity contribution in [3.05, 3.63) is 68.2 Å². The second-order valence-corrected chi connectivity index (χ2v) is 15.4. The van der Waals surface area contributed by atoms with Gasteiger partial charge in [0.1, 0.15) is 36.0 Å². The minimum atomic E-state index is -0.794. The number of ether oxygens (including phenoxy) is 6. The van der Waals surface area contributed by atoms with Crippen molar-refractivity contribution in [3.8, 4) is 29.1 Å². The molecule has 0 saturated heterocycles. The molecule has 0 aromatic heterocycles. The number of aliphatic hydroxyl groups excluding tert-OH is 1. The van der Waals surface area contributed by atoms with Gasteiger partial charge in [-0.1, -0.05) is 12.5 Å². The minimum Gasteiger partial charge on any atom is -0.504 e. The molecule has 0 saturated carbocycles. The van der Waals surface area contributed by atoms with Crippen molar-refractivity contribution in [3.63, 3.8) is 0 Å². The SMILES string of the molecule is CN[C@@H]1C2=C(CCCN([C@@H](COC(=O)C3NCCc4cc(C#N)c(OC)cc43)c3c(C)c(OC(C)=O)c(C)c4c3OCO4)C1CSC)CC(C)C(OC)=C2O. The third-order valence-electron chi connectivity index (χ3n) is 11.3. The van der Waals surface area contributed by atoms with E-state index in [1.54, 1.807) is 31.0 Å². The van der Waals surface area contributed by atoms with Crippen LogP contribution >= 0.6 is 11.8 Å². The lowest BCUT2D eigenvalue weighted by molar-refractivity contribution is -0.149. The molecule has 0 spiro atoms. The van der Waals surface area contributed by atoms with Gasteiger partial charge < -0.3 is 44.2 Å². The molecule has 1 aliphatic carbocycles. The summed E-state index contributed by atoms with van der Waals surface area (Å²) in [5.74, 6) is 2.26. The molecule has 55 heavy (non-hydrogen) atoms. The average molecular weight is 777 g/mol. The van der Waals surface area contributed by atoms with Crippen LogP contribution in [0.1, 0.15) is 78.6 Å². The molecule has 0 amide bonds. The molecule has 5 atom stereocenters. The lowest BCUT2D eigenvalue weighted by Crippen LogP contribution is -2.55. The summed E-state index contributed by atoms with van der Waals surface area (Å²) in [6, 6.07) is 3.77. The first-order chi connectivity index (χ1) is 26.5. The Kier molecular flexibility index (Phi) is 12.6. The van der Waals surface area contributed by atoms with E-state index in [2.05, 4.69) is 34.8 Å². The number of nitriles is 1. The number of nitrogens with one attached hydrogen (secondary N) is 2. The first kappa shape index (κ1) is 40.2. The average Bonchev–Trinajstić information content (AvgIpc) is 3.66. The van der Waals surface area contributed by atoms with Crippen molar-refractivity contribution in [1.29, 1.82) is 5.26 Å². The van der Waals surface area contributed by atoms with Crippen molar-refractivity contribution >= 4 is 23.7 Å². The predicted octanol–water partition coefficient (Wildman–Crippen LogP) is 5.48. The highest BCUT2D eigenvalue weighted by molar-refractivity contribution is 7.98. The number of likely N-dealkylation sites (N-methyl/N-ethyl adjacent to an activating group) is 1. The van der Waals surface area contributed by atoms with E-state index >= 15 is 0 Å². The van der Waals surface area contributed by atoms with Crippen LogP contribution in [0.25, 0.3) is 0 Å². The number of carbonyl (C=O) groups is 2. The molecule has 4 aliphatic rings. The lowest BCUT2D eigenvalue weighted by atomic mass is 9.79. The van der Waals surface area contributed by atoms with Crippen LogP contribution in [0.5, 0.6) is 23.0 Å². The Bertz CT molecular complexity index is 1940. The summed E-state index contributed by atoms with van der Waals surface area (Å²) in [4.78, 5) is 29.1. The quantitative estimate of drug-likeness (QED) is 0.195. The maximum absolute atomic E-state index is 14.3. The number of benzene rings is 2. The van der Waals surface area contributed by atoms with Gasteiger partial charge in [-0.3, -0.25) is 9.69 Å². The van der Waals surface area contributed by atoms with Crippen LogP contribution < -0.4 is 29.6 Å². The van der Waals surface area contributed by atoms with Crippen molar-refractivity contribution < 1.29 is 43.1 Å². The van der Waals surface area contributed by atoms with Crippen molar-refractivity contribution in [2.45, 2.75) is 77.5 Å². The van der Waals surface area contributed by atoms with Crippen LogP contribution in [-0.4, -0.2) is 93.8 Å². The summed E-state index contributed by atoms with van der Waals surface area (Å²) in [5, 5.41) is 28.4. The molecule has 3 aliphatic heterocycles. The zero-order valence-corrected chi connectivity index (χ0v) is 33.7. The summed E-state index contributed by atoms with van der Waals surface area (Å²) in [6.07, 6.45) is 5.00. The molecule has 3 N–H and O–H groups in total. The van der Waals surface area contributed by atoms with E-state index in [0.717, 1.165) is 30.4 Å². The van der Waals surface area contributed by atoms with Gasteiger partial charge in [-0.25, -0.2) is 4.79 Å². The van der Waals surface area contributed by atoms with Gasteiger partial charge in [-0.15, -0.1) is 0 Å². The molecule has 3 heterocycles. The first-order valence-corrected chi connectivity index (χ1v) is 20.1. The van der Waals surface area contributed by atoms with Crippen LogP contribution in [0, 0.1) is 31.1 Å². The highest BCUT2D eigenvalue weighted by atomic mass is 32.2. The highest BCUT2D eigenvalue weighted by Gasteiger charge is 2.44. The zero-order chi connectivity index (χ0) is 39.6. The molecule has 13 nitrogen and oxygen atoms in total. The molecular weight excluding hydrogens is 725 g/mol. The summed E-state index contributed by atoms with van der Waals surface area (Å²) in [6.45, 7) is 8.22. The maximum atomic E-state index is 14.3. The number of carbonyl (C=O) groups excluding carboxylic acids is 2. The van der Waals surface area contributed by atoms with Gasteiger partial charge in [-0.05, 0) is 82.6 Å². The summed E-state index contributed by atoms with van der Waals surface area (Å²) in [7, 11) is 5.00. The molecule has 14 heteroatoms. The molecule has 0 radical (unpaired) electrons. The van der Waals surface area contributed by atoms with Crippen LogP contribution in [0.3, 0.4) is 0 Å². The van der Waals surface area contributed by atoms with Crippen molar-refractivity contribution in [2.75, 3.05) is 59.8 Å². The van der Waals surface area contributed by atoms with Gasteiger partial charge in [0.25, 0.3) is 0 Å². The second-order valence-electron chi connectivity index (χ2n) is 14.5. The van der Waals surface area contributed by atoms with Gasteiger partial charge in [0.15, 0.2) is 17.3 Å². The number of nitrogens with zero attached hydrogens (tertiary/aromatic N) is 2. The number of fused-ring (bicyclic) bond motifs is 2. The van der Waals surface area contributed by atoms with Crippen LogP contribution in [0.4, 0.5) is 0 Å². The molecule has 296 valence electrons. The van der Waals surface area contributed by atoms with Gasteiger partial charge >= 0.3 is 11.9 Å². The van der Waals surface area contributed by atoms with E-state index in [-0.39, 0.29) is 37.2 Å². The van der Waals surface area contributed by atoms with E-state index < -0.39 is 24.0 Å². The molecular formula is C41H52N4O9S. The Labute approximate surface area is 327 Å². The standard InChI is InChI=1S/C41H52N4O9S/c1-21-14-26-10-9-13-45(30(19-55-8)35(43-5)33(26)36(47)37(21)50-7)29(32-22(2)38(54-24(4)46)23(3)39-40(32)53-20-52-39)18-51-41(48)34-28-16-31(49-6)27(17-42)15-25(28)11-12-44-34/h15-16,21,29-30,34-35,43-44,47H,9-14,18-20H2,1-8H3/t21?,29-,30?,34?,35-/m0/s1. The molecule has 0 bridgehead atoms. The zero-order valence-electron chi connectivity index (χ0n) is 32.9. The normalized spacial score (nSPS) is 22.8. The number of hydrogen-bond acceptors (Lipinski definition) is 14. The predicted molar refractivity (Wildman–Crippen MR) is 208 cm³/mol. The fourth-order valence-electron chi connectivity index (χ4n) is 8.89. The highest BCUT2D eigenvalue weighted by Crippen LogP contribution is 2.51. The third kappa shape index (κ3) is 7.59. The Morgan fingerprint density at radius 1 is 1.16 bits per heavy atom. The Morgan fingerprint density at radius 2 is 1.93 bits per heavy atom.